The molecular weight excluding hydrogens is 972 g/mol. The van der Waals surface area contributed by atoms with Crippen LogP contribution in [0.4, 0.5) is 11.4 Å². The smallest absolute Gasteiger partial charge is 0.256 e. The molecule has 6 nitrogen and oxygen atoms in total. The molecule has 2 N–H and O–H groups in total. The lowest BCUT2D eigenvalue weighted by Crippen LogP contribution is -2.26. The van der Waals surface area contributed by atoms with E-state index in [-0.39, 0.29) is 47.1 Å². The normalized spacial score (nSPS) is 22.7. The Morgan fingerprint density at radius 3 is 1.24 bits per heavy atom. The molecule has 4 aliphatic rings. The van der Waals surface area contributed by atoms with Crippen molar-refractivity contribution in [3.63, 3.8) is 0 Å². The number of hydrogen-bond donors (Lipinski definition) is 2. The molecule has 0 saturated heterocycles. The second-order valence-electron chi connectivity index (χ2n) is 19.1. The van der Waals surface area contributed by atoms with E-state index < -0.39 is 0 Å². The van der Waals surface area contributed by atoms with E-state index in [1.165, 1.54) is 11.1 Å². The highest BCUT2D eigenvalue weighted by molar-refractivity contribution is 9.10. The molecule has 2 amide bonds. The van der Waals surface area contributed by atoms with Gasteiger partial charge in [-0.15, -0.1) is 0 Å². The van der Waals surface area contributed by atoms with E-state index >= 15 is 0 Å². The lowest BCUT2D eigenvalue weighted by molar-refractivity contribution is -0.111. The number of amides is 2. The van der Waals surface area contributed by atoms with Crippen molar-refractivity contribution >= 4 is 77.8 Å². The molecule has 6 atom stereocenters. The lowest BCUT2D eigenvalue weighted by Gasteiger charge is -2.37. The second kappa shape index (κ2) is 21.1. The van der Waals surface area contributed by atoms with Crippen LogP contribution < -0.4 is 10.6 Å². The van der Waals surface area contributed by atoms with Crippen LogP contribution in [-0.4, -0.2) is 23.4 Å². The van der Waals surface area contributed by atoms with E-state index in [0.717, 1.165) is 103 Å². The van der Waals surface area contributed by atoms with E-state index in [1.807, 2.05) is 133 Å². The Labute approximate surface area is 417 Å². The molecule has 6 aromatic carbocycles. The monoisotopic (exact) mass is 1030 g/mol. The first kappa shape index (κ1) is 47.1. The number of carbonyl (C=O) groups is 4. The number of carbonyl (C=O) groups excluding carboxylic acids is 4. The number of anilines is 2. The van der Waals surface area contributed by atoms with Crippen molar-refractivity contribution in [3.05, 3.63) is 211 Å². The van der Waals surface area contributed by atoms with Gasteiger partial charge in [0.15, 0.2) is 11.6 Å². The van der Waals surface area contributed by atoms with Crippen LogP contribution in [0.15, 0.2) is 178 Å². The summed E-state index contributed by atoms with van der Waals surface area (Å²) < 4.78 is 2.04. The summed E-state index contributed by atoms with van der Waals surface area (Å²) in [6.07, 6.45) is 6.67. The summed E-state index contributed by atoms with van der Waals surface area (Å²) in [6, 6.07) is 51.7. The van der Waals surface area contributed by atoms with Gasteiger partial charge in [0.05, 0.1) is 0 Å². The zero-order chi connectivity index (χ0) is 47.3. The number of para-hydroxylation sites is 2. The maximum absolute atomic E-state index is 13.4. The van der Waals surface area contributed by atoms with Gasteiger partial charge in [0, 0.05) is 66.6 Å². The average molecular weight is 1030 g/mol. The Morgan fingerprint density at radius 1 is 0.500 bits per heavy atom. The van der Waals surface area contributed by atoms with Crippen LogP contribution >= 0.6 is 31.9 Å². The zero-order valence-electron chi connectivity index (χ0n) is 38.5. The molecule has 344 valence electrons. The van der Waals surface area contributed by atoms with Crippen molar-refractivity contribution in [3.8, 4) is 0 Å². The first-order valence-electron chi connectivity index (χ1n) is 24.0. The molecule has 2 aliphatic heterocycles. The van der Waals surface area contributed by atoms with Crippen LogP contribution in [0.2, 0.25) is 0 Å². The number of allylic oxidation sites excluding steroid dienone is 2. The van der Waals surface area contributed by atoms with Gasteiger partial charge in [0.25, 0.3) is 11.8 Å². The SMILES string of the molecule is C[C@H]1CC/C(=C2/C(=O)Nc3ccccc32)[C@H]([C@@H](CC(=O)c2ccccc2)c2ccc(Br)cc2)C1.C[C@H]1CC/C(=C2/C(=O)Nc3ccccc32)[C@H]([C@@H](CC(=O)c2ccccc2)c2ccc(Br)cc2)C1. The number of Topliss-reactive ketones (excluding diaryl/α,β-unsaturated/α-hetero) is 2. The summed E-state index contributed by atoms with van der Waals surface area (Å²) >= 11 is 7.10. The van der Waals surface area contributed by atoms with Gasteiger partial charge in [0.1, 0.15) is 0 Å². The number of fused-ring (bicyclic) bond motifs is 2. The van der Waals surface area contributed by atoms with Crippen molar-refractivity contribution in [2.45, 2.75) is 77.0 Å². The Hall–Kier alpha value is -5.96. The van der Waals surface area contributed by atoms with E-state index in [2.05, 4.69) is 80.6 Å². The predicted molar refractivity (Wildman–Crippen MR) is 282 cm³/mol. The van der Waals surface area contributed by atoms with Crippen LogP contribution in [0.25, 0.3) is 11.1 Å². The minimum atomic E-state index is -0.0142. The van der Waals surface area contributed by atoms with E-state index in [1.54, 1.807) is 0 Å². The molecule has 2 aliphatic carbocycles. The maximum atomic E-state index is 13.4. The third-order valence-electron chi connectivity index (χ3n) is 14.6. The predicted octanol–water partition coefficient (Wildman–Crippen LogP) is 15.3. The van der Waals surface area contributed by atoms with Crippen LogP contribution in [0, 0.1) is 23.7 Å². The third-order valence-corrected chi connectivity index (χ3v) is 15.6. The van der Waals surface area contributed by atoms with Gasteiger partial charge < -0.3 is 10.6 Å². The van der Waals surface area contributed by atoms with Gasteiger partial charge in [0.2, 0.25) is 0 Å². The van der Waals surface area contributed by atoms with Crippen LogP contribution in [-0.2, 0) is 9.59 Å². The van der Waals surface area contributed by atoms with Crippen molar-refractivity contribution in [2.75, 3.05) is 10.6 Å². The number of rotatable bonds is 10. The molecule has 0 aromatic heterocycles. The number of benzene rings is 6. The molecule has 2 saturated carbocycles. The molecule has 2 heterocycles. The van der Waals surface area contributed by atoms with Crippen LogP contribution in [0.5, 0.6) is 0 Å². The number of ketones is 2. The molecule has 6 aromatic rings. The molecule has 68 heavy (non-hydrogen) atoms. The standard InChI is InChI=1S/2C30H28BrNO2/c2*1-19-11-16-23(29-24-9-5-6-10-27(24)32-30(29)34)26(17-19)25(20-12-14-22(31)15-13-20)18-28(33)21-7-3-2-4-8-21/h2*2-10,12-15,19,25-26H,11,16-18H2,1H3,(H,32,34)/b2*29-23-/t2*19-,25-,26+/m00/s1. The number of nitrogens with one attached hydrogen (secondary N) is 2. The minimum Gasteiger partial charge on any atom is -0.321 e. The Kier molecular flexibility index (Phi) is 14.6. The molecule has 2 fully saturated rings. The van der Waals surface area contributed by atoms with E-state index in [0.29, 0.717) is 24.7 Å². The number of hydrogen-bond acceptors (Lipinski definition) is 4. The summed E-state index contributed by atoms with van der Waals surface area (Å²) in [7, 11) is 0. The highest BCUT2D eigenvalue weighted by Gasteiger charge is 2.40. The van der Waals surface area contributed by atoms with Crippen LogP contribution in [0.1, 0.15) is 120 Å². The Morgan fingerprint density at radius 2 is 0.853 bits per heavy atom. The molecule has 8 heteroatoms. The molecule has 0 radical (unpaired) electrons. The first-order chi connectivity index (χ1) is 33.0. The van der Waals surface area contributed by atoms with E-state index in [4.69, 9.17) is 0 Å². The summed E-state index contributed by atoms with van der Waals surface area (Å²) in [6.45, 7) is 4.57. The van der Waals surface area contributed by atoms with Gasteiger partial charge in [-0.2, -0.15) is 0 Å². The second-order valence-corrected chi connectivity index (χ2v) is 20.9. The quantitative estimate of drug-likeness (QED) is 0.106. The van der Waals surface area contributed by atoms with Crippen LogP contribution in [0.3, 0.4) is 0 Å². The summed E-state index contributed by atoms with van der Waals surface area (Å²) in [5, 5.41) is 6.12. The maximum Gasteiger partial charge on any atom is 0.256 e. The fourth-order valence-corrected chi connectivity index (χ4v) is 11.7. The third kappa shape index (κ3) is 10.4. The van der Waals surface area contributed by atoms with Gasteiger partial charge in [-0.05, 0) is 122 Å². The molecule has 10 rings (SSSR count). The Balaban J connectivity index is 0.000000170. The zero-order valence-corrected chi connectivity index (χ0v) is 41.7. The summed E-state index contributed by atoms with van der Waals surface area (Å²) in [5.41, 5.74) is 11.6. The topological polar surface area (TPSA) is 92.3 Å². The number of halogens is 2. The highest BCUT2D eigenvalue weighted by atomic mass is 79.9. The average Bonchev–Trinajstić information content (AvgIpc) is 3.88. The van der Waals surface area contributed by atoms with E-state index in [9.17, 15) is 19.2 Å². The molecule has 0 spiro atoms. The molecular formula is C60H56Br2N2O4. The fraction of sp³-hybridized carbons (Fsp3) is 0.267. The van der Waals surface area contributed by atoms with Crippen molar-refractivity contribution < 1.29 is 19.2 Å². The van der Waals surface area contributed by atoms with Crippen molar-refractivity contribution in [1.82, 2.24) is 0 Å². The van der Waals surface area contributed by atoms with Crippen molar-refractivity contribution in [2.24, 2.45) is 23.7 Å². The summed E-state index contributed by atoms with van der Waals surface area (Å²) in [5.74, 6) is 1.61. The highest BCUT2D eigenvalue weighted by Crippen LogP contribution is 2.50. The molecule has 0 unspecified atom stereocenters. The minimum absolute atomic E-state index is 0.00613. The van der Waals surface area contributed by atoms with Gasteiger partial charge in [-0.25, -0.2) is 0 Å². The van der Waals surface area contributed by atoms with Gasteiger partial charge in [-0.3, -0.25) is 19.2 Å². The van der Waals surface area contributed by atoms with Gasteiger partial charge in [-0.1, -0.05) is 178 Å². The fourth-order valence-electron chi connectivity index (χ4n) is 11.2. The van der Waals surface area contributed by atoms with Gasteiger partial charge >= 0.3 is 0 Å². The van der Waals surface area contributed by atoms with Crippen molar-refractivity contribution in [1.29, 1.82) is 0 Å². The molecule has 0 bridgehead atoms. The Bertz CT molecular complexity index is 2690. The lowest BCUT2D eigenvalue weighted by atomic mass is 9.67. The largest absolute Gasteiger partial charge is 0.321 e. The first-order valence-corrected chi connectivity index (χ1v) is 25.6. The summed E-state index contributed by atoms with van der Waals surface area (Å²) in [4.78, 5) is 53.1.